The fourth-order valence-corrected chi connectivity index (χ4v) is 4.48. The van der Waals surface area contributed by atoms with Gasteiger partial charge in [0.15, 0.2) is 0 Å². The summed E-state index contributed by atoms with van der Waals surface area (Å²) in [5, 5.41) is 5.58. The van der Waals surface area contributed by atoms with E-state index in [0.717, 1.165) is 12.5 Å². The molecule has 0 aliphatic carbocycles. The van der Waals surface area contributed by atoms with Gasteiger partial charge in [0, 0.05) is 24.8 Å². The van der Waals surface area contributed by atoms with Crippen LogP contribution in [0.3, 0.4) is 0 Å². The standard InChI is InChI=1S/C26H30FN3O5/c1-3-11-28-24(31)14-19-8-9-21-23(35-19)15-34-22-10-7-18(13-20(22)26(33)30(21)2)29-25(32)16-5-4-6-17(27)12-16/h4-7,10,12-13,19,21,23H,3,8-9,11,14-15H2,1-2H3,(H,28,31)(H,29,32)/t19-,21-,23+/m1/s1. The summed E-state index contributed by atoms with van der Waals surface area (Å²) in [5.41, 5.74) is 0.902. The first-order chi connectivity index (χ1) is 16.9. The maximum Gasteiger partial charge on any atom is 0.257 e. The van der Waals surface area contributed by atoms with E-state index in [1.807, 2.05) is 6.92 Å². The zero-order valence-electron chi connectivity index (χ0n) is 19.9. The lowest BCUT2D eigenvalue weighted by Gasteiger charge is -2.42. The SMILES string of the molecule is CCCNC(=O)C[C@H]1CC[C@@H]2[C@H](COc3ccc(NC(=O)c4cccc(F)c4)cc3C(=O)N2C)O1. The van der Waals surface area contributed by atoms with Gasteiger partial charge in [-0.3, -0.25) is 14.4 Å². The van der Waals surface area contributed by atoms with Crippen molar-refractivity contribution in [2.24, 2.45) is 0 Å². The highest BCUT2D eigenvalue weighted by molar-refractivity contribution is 6.05. The molecule has 0 unspecified atom stereocenters. The second-order valence-electron chi connectivity index (χ2n) is 8.90. The number of carbonyl (C=O) groups is 3. The first-order valence-corrected chi connectivity index (χ1v) is 11.9. The minimum absolute atomic E-state index is 0.0374. The molecule has 0 spiro atoms. The third-order valence-corrected chi connectivity index (χ3v) is 6.34. The van der Waals surface area contributed by atoms with Crippen molar-refractivity contribution in [3.63, 3.8) is 0 Å². The van der Waals surface area contributed by atoms with E-state index in [0.29, 0.717) is 36.4 Å². The highest BCUT2D eigenvalue weighted by Crippen LogP contribution is 2.32. The molecule has 0 radical (unpaired) electrons. The minimum atomic E-state index is -0.505. The van der Waals surface area contributed by atoms with Gasteiger partial charge in [-0.1, -0.05) is 13.0 Å². The maximum absolute atomic E-state index is 13.5. The quantitative estimate of drug-likeness (QED) is 0.657. The lowest BCUT2D eigenvalue weighted by atomic mass is 9.94. The number of nitrogens with one attached hydrogen (secondary N) is 2. The summed E-state index contributed by atoms with van der Waals surface area (Å²) in [6.45, 7) is 2.87. The zero-order chi connectivity index (χ0) is 24.9. The van der Waals surface area contributed by atoms with Gasteiger partial charge in [0.1, 0.15) is 24.3 Å². The smallest absolute Gasteiger partial charge is 0.257 e. The predicted octanol–water partition coefficient (Wildman–Crippen LogP) is 3.37. The van der Waals surface area contributed by atoms with Crippen LogP contribution in [-0.2, 0) is 9.53 Å². The number of fused-ring (bicyclic) bond motifs is 2. The monoisotopic (exact) mass is 483 g/mol. The summed E-state index contributed by atoms with van der Waals surface area (Å²) in [6, 6.07) is 10.0. The van der Waals surface area contributed by atoms with Crippen molar-refractivity contribution < 1.29 is 28.2 Å². The molecule has 0 bridgehead atoms. The number of amides is 3. The zero-order valence-corrected chi connectivity index (χ0v) is 19.9. The molecule has 2 heterocycles. The molecule has 3 atom stereocenters. The van der Waals surface area contributed by atoms with Crippen molar-refractivity contribution in [3.8, 4) is 5.75 Å². The highest BCUT2D eigenvalue weighted by atomic mass is 19.1. The van der Waals surface area contributed by atoms with E-state index in [-0.39, 0.29) is 48.7 Å². The van der Waals surface area contributed by atoms with Crippen molar-refractivity contribution in [1.29, 1.82) is 0 Å². The summed E-state index contributed by atoms with van der Waals surface area (Å²) < 4.78 is 25.6. The van der Waals surface area contributed by atoms with Crippen LogP contribution < -0.4 is 15.4 Å². The van der Waals surface area contributed by atoms with Crippen molar-refractivity contribution >= 4 is 23.4 Å². The van der Waals surface area contributed by atoms with E-state index in [4.69, 9.17) is 9.47 Å². The van der Waals surface area contributed by atoms with Crippen LogP contribution in [0.5, 0.6) is 5.75 Å². The fourth-order valence-electron chi connectivity index (χ4n) is 4.48. The molecule has 0 aromatic heterocycles. The lowest BCUT2D eigenvalue weighted by Crippen LogP contribution is -2.54. The van der Waals surface area contributed by atoms with Crippen LogP contribution in [0.2, 0.25) is 0 Å². The maximum atomic E-state index is 13.5. The number of halogens is 1. The number of benzene rings is 2. The van der Waals surface area contributed by atoms with Crippen LogP contribution in [0, 0.1) is 5.82 Å². The second-order valence-corrected chi connectivity index (χ2v) is 8.90. The molecule has 2 N–H and O–H groups in total. The van der Waals surface area contributed by atoms with Crippen molar-refractivity contribution in [3.05, 3.63) is 59.4 Å². The normalized spacial score (nSPS) is 21.6. The Labute approximate surface area is 203 Å². The number of carbonyl (C=O) groups excluding carboxylic acids is 3. The number of ether oxygens (including phenoxy) is 2. The molecule has 3 amide bonds. The number of hydrogen-bond donors (Lipinski definition) is 2. The summed E-state index contributed by atoms with van der Waals surface area (Å²) in [5.74, 6) is -0.889. The largest absolute Gasteiger partial charge is 0.490 e. The summed E-state index contributed by atoms with van der Waals surface area (Å²) >= 11 is 0. The molecule has 1 saturated heterocycles. The molecule has 8 nitrogen and oxygen atoms in total. The van der Waals surface area contributed by atoms with Crippen molar-refractivity contribution in [2.75, 3.05) is 25.5 Å². The van der Waals surface area contributed by atoms with Gasteiger partial charge >= 0.3 is 0 Å². The molecule has 2 aromatic carbocycles. The second kappa shape index (κ2) is 10.9. The molecule has 2 aliphatic rings. The fraction of sp³-hybridized carbons (Fsp3) is 0.423. The minimum Gasteiger partial charge on any atom is -0.490 e. The van der Waals surface area contributed by atoms with Gasteiger partial charge in [-0.15, -0.1) is 0 Å². The van der Waals surface area contributed by atoms with Gasteiger partial charge in [0.25, 0.3) is 11.8 Å². The third kappa shape index (κ3) is 5.79. The van der Waals surface area contributed by atoms with Crippen molar-refractivity contribution in [2.45, 2.75) is 50.9 Å². The van der Waals surface area contributed by atoms with E-state index in [9.17, 15) is 18.8 Å². The Morgan fingerprint density at radius 3 is 2.77 bits per heavy atom. The first-order valence-electron chi connectivity index (χ1n) is 11.9. The summed E-state index contributed by atoms with van der Waals surface area (Å²) in [7, 11) is 1.73. The van der Waals surface area contributed by atoms with Gasteiger partial charge in [-0.25, -0.2) is 4.39 Å². The van der Waals surface area contributed by atoms with Crippen molar-refractivity contribution in [1.82, 2.24) is 10.2 Å². The molecule has 35 heavy (non-hydrogen) atoms. The predicted molar refractivity (Wildman–Crippen MR) is 128 cm³/mol. The van der Waals surface area contributed by atoms with Crippen LogP contribution in [0.4, 0.5) is 10.1 Å². The third-order valence-electron chi connectivity index (χ3n) is 6.34. The summed E-state index contributed by atoms with van der Waals surface area (Å²) in [4.78, 5) is 39.6. The van der Waals surface area contributed by atoms with E-state index in [2.05, 4.69) is 10.6 Å². The molecule has 1 fully saturated rings. The molecule has 0 saturated carbocycles. The molecule has 4 rings (SSSR count). The van der Waals surface area contributed by atoms with Crippen LogP contribution in [0.25, 0.3) is 0 Å². The number of hydrogen-bond acceptors (Lipinski definition) is 5. The molecule has 186 valence electrons. The highest BCUT2D eigenvalue weighted by Gasteiger charge is 2.39. The van der Waals surface area contributed by atoms with E-state index >= 15 is 0 Å². The molecular weight excluding hydrogens is 453 g/mol. The Morgan fingerprint density at radius 1 is 1.17 bits per heavy atom. The van der Waals surface area contributed by atoms with E-state index in [1.165, 1.54) is 18.2 Å². The van der Waals surface area contributed by atoms with Gasteiger partial charge in [-0.05, 0) is 55.7 Å². The number of anilines is 1. The van der Waals surface area contributed by atoms with Crippen LogP contribution in [0.15, 0.2) is 42.5 Å². The molecule has 2 aliphatic heterocycles. The first kappa shape index (κ1) is 24.7. The lowest BCUT2D eigenvalue weighted by molar-refractivity contribution is -0.134. The van der Waals surface area contributed by atoms with Gasteiger partial charge in [0.2, 0.25) is 5.91 Å². The summed E-state index contributed by atoms with van der Waals surface area (Å²) in [6.07, 6.45) is 1.92. The Bertz CT molecular complexity index is 1110. The average Bonchev–Trinajstić information content (AvgIpc) is 2.85. The number of likely N-dealkylation sites (N-methyl/N-ethyl adjacent to an activating group) is 1. The van der Waals surface area contributed by atoms with Gasteiger partial charge < -0.3 is 25.0 Å². The Kier molecular flexibility index (Phi) is 7.65. The molecule has 2 aromatic rings. The van der Waals surface area contributed by atoms with Crippen LogP contribution in [0.1, 0.15) is 53.3 Å². The number of rotatable bonds is 6. The van der Waals surface area contributed by atoms with Crippen LogP contribution in [-0.4, -0.2) is 61.1 Å². The average molecular weight is 484 g/mol. The van der Waals surface area contributed by atoms with E-state index < -0.39 is 11.7 Å². The Balaban J connectivity index is 1.47. The number of nitrogens with zero attached hydrogens (tertiary/aromatic N) is 1. The van der Waals surface area contributed by atoms with Crippen LogP contribution >= 0.6 is 0 Å². The topological polar surface area (TPSA) is 97.0 Å². The Morgan fingerprint density at radius 2 is 2.00 bits per heavy atom. The van der Waals surface area contributed by atoms with Gasteiger partial charge in [0.05, 0.1) is 24.1 Å². The van der Waals surface area contributed by atoms with Gasteiger partial charge in [-0.2, -0.15) is 0 Å². The van der Waals surface area contributed by atoms with E-state index in [1.54, 1.807) is 30.1 Å². The Hall–Kier alpha value is -3.46. The molecular formula is C26H30FN3O5. The molecule has 9 heteroatoms.